The van der Waals surface area contributed by atoms with Crippen molar-refractivity contribution in [2.24, 2.45) is 0 Å². The number of hydrogen-bond donors (Lipinski definition) is 0. The van der Waals surface area contributed by atoms with Crippen LogP contribution in [0.3, 0.4) is 0 Å². The minimum atomic E-state index is -0.0475. The second kappa shape index (κ2) is 7.93. The zero-order valence-corrected chi connectivity index (χ0v) is 18.9. The molecule has 4 heteroatoms. The van der Waals surface area contributed by atoms with E-state index >= 15 is 0 Å². The highest BCUT2D eigenvalue weighted by Crippen LogP contribution is 2.52. The molecule has 1 saturated heterocycles. The van der Waals surface area contributed by atoms with E-state index < -0.39 is 0 Å². The lowest BCUT2D eigenvalue weighted by Crippen LogP contribution is -2.70. The molecule has 3 aliphatic rings. The van der Waals surface area contributed by atoms with Gasteiger partial charge in [0.2, 0.25) is 0 Å². The van der Waals surface area contributed by atoms with Crippen LogP contribution in [0.1, 0.15) is 83.5 Å². The maximum atomic E-state index is 13.8. The zero-order valence-electron chi connectivity index (χ0n) is 18.9. The Balaban J connectivity index is 1.79. The first-order chi connectivity index (χ1) is 12.6. The number of piperidine rings is 1. The van der Waals surface area contributed by atoms with Crippen LogP contribution < -0.4 is 0 Å². The van der Waals surface area contributed by atoms with Gasteiger partial charge in [-0.1, -0.05) is 38.5 Å². The van der Waals surface area contributed by atoms with Gasteiger partial charge in [0, 0.05) is 19.3 Å². The van der Waals surface area contributed by atoms with E-state index in [2.05, 4.69) is 35.2 Å². The molecular formula is C23H46N3O+2. The summed E-state index contributed by atoms with van der Waals surface area (Å²) in [5, 5.41) is 15.5. The Morgan fingerprint density at radius 2 is 1.19 bits per heavy atom. The average Bonchev–Trinajstić information content (AvgIpc) is 2.60. The van der Waals surface area contributed by atoms with Crippen LogP contribution in [0.5, 0.6) is 0 Å². The summed E-state index contributed by atoms with van der Waals surface area (Å²) in [5.74, 6) is 0. The fraction of sp³-hybridized carbons (Fsp3) is 1.00. The molecule has 27 heavy (non-hydrogen) atoms. The summed E-state index contributed by atoms with van der Waals surface area (Å²) >= 11 is 0. The second-order valence-corrected chi connectivity index (χ2v) is 11.8. The molecule has 0 atom stereocenters. The highest BCUT2D eigenvalue weighted by molar-refractivity contribution is 5.06. The SMILES string of the molecule is C[N+](C)(C)CCC[N+](C)(C)C1CC2(CCCCC2)N([O])C2(CCCCC2)C1. The third-order valence-electron chi connectivity index (χ3n) is 8.21. The Morgan fingerprint density at radius 3 is 1.59 bits per heavy atom. The maximum absolute atomic E-state index is 13.8. The van der Waals surface area contributed by atoms with Crippen LogP contribution in [0.15, 0.2) is 0 Å². The quantitative estimate of drug-likeness (QED) is 0.649. The first-order valence-corrected chi connectivity index (χ1v) is 11.7. The Hall–Kier alpha value is -0.160. The molecule has 157 valence electrons. The average molecular weight is 381 g/mol. The van der Waals surface area contributed by atoms with Gasteiger partial charge in [0.1, 0.15) is 0 Å². The van der Waals surface area contributed by atoms with Crippen LogP contribution in [-0.4, -0.2) is 79.5 Å². The van der Waals surface area contributed by atoms with Crippen molar-refractivity contribution in [3.8, 4) is 0 Å². The van der Waals surface area contributed by atoms with Crippen molar-refractivity contribution < 1.29 is 14.2 Å². The lowest BCUT2D eigenvalue weighted by Gasteiger charge is -2.60. The smallest absolute Gasteiger partial charge is 0.0923 e. The van der Waals surface area contributed by atoms with Gasteiger partial charge < -0.3 is 8.97 Å². The number of rotatable bonds is 5. The number of quaternary nitrogens is 2. The van der Waals surface area contributed by atoms with Crippen molar-refractivity contribution in [3.63, 3.8) is 0 Å². The van der Waals surface area contributed by atoms with Gasteiger partial charge in [0.05, 0.1) is 65.4 Å². The second-order valence-electron chi connectivity index (χ2n) is 11.8. The van der Waals surface area contributed by atoms with Crippen molar-refractivity contribution in [1.29, 1.82) is 0 Å². The van der Waals surface area contributed by atoms with Crippen LogP contribution in [0.4, 0.5) is 0 Å². The molecule has 0 unspecified atom stereocenters. The van der Waals surface area contributed by atoms with Crippen LogP contribution in [-0.2, 0) is 5.21 Å². The number of nitrogens with zero attached hydrogens (tertiary/aromatic N) is 3. The third-order valence-corrected chi connectivity index (χ3v) is 8.21. The fourth-order valence-corrected chi connectivity index (χ4v) is 6.48. The Morgan fingerprint density at radius 1 is 0.741 bits per heavy atom. The summed E-state index contributed by atoms with van der Waals surface area (Å²) < 4.78 is 2.16. The van der Waals surface area contributed by atoms with E-state index in [4.69, 9.17) is 0 Å². The normalized spacial score (nSPS) is 29.3. The molecule has 0 amide bonds. The van der Waals surface area contributed by atoms with E-state index in [1.165, 1.54) is 58.0 Å². The Kier molecular flexibility index (Phi) is 6.33. The van der Waals surface area contributed by atoms with E-state index in [1.54, 1.807) is 5.06 Å². The summed E-state index contributed by atoms with van der Waals surface area (Å²) in [6.07, 6.45) is 15.8. The lowest BCUT2D eigenvalue weighted by molar-refractivity contribution is -0.925. The largest absolute Gasteiger partial charge is 0.331 e. The highest BCUT2D eigenvalue weighted by atomic mass is 16.5. The third kappa shape index (κ3) is 4.71. The molecule has 2 spiro atoms. The zero-order chi connectivity index (χ0) is 19.8. The molecule has 1 aliphatic heterocycles. The van der Waals surface area contributed by atoms with Gasteiger partial charge >= 0.3 is 0 Å². The predicted molar refractivity (Wildman–Crippen MR) is 112 cm³/mol. The number of hydrogen-bond acceptors (Lipinski definition) is 1. The van der Waals surface area contributed by atoms with Gasteiger partial charge in [0.25, 0.3) is 0 Å². The van der Waals surface area contributed by atoms with Crippen LogP contribution >= 0.6 is 0 Å². The molecule has 0 aromatic heterocycles. The summed E-state index contributed by atoms with van der Waals surface area (Å²) in [6.45, 7) is 2.48. The summed E-state index contributed by atoms with van der Waals surface area (Å²) in [4.78, 5) is 0. The molecule has 4 nitrogen and oxygen atoms in total. The summed E-state index contributed by atoms with van der Waals surface area (Å²) in [7, 11) is 11.8. The molecule has 0 bridgehead atoms. The van der Waals surface area contributed by atoms with E-state index in [0.29, 0.717) is 6.04 Å². The topological polar surface area (TPSA) is 23.1 Å². The molecule has 1 heterocycles. The van der Waals surface area contributed by atoms with Crippen molar-refractivity contribution in [2.75, 3.05) is 48.3 Å². The molecule has 0 aromatic carbocycles. The monoisotopic (exact) mass is 380 g/mol. The molecule has 1 radical (unpaired) electrons. The fourth-order valence-electron chi connectivity index (χ4n) is 6.48. The summed E-state index contributed by atoms with van der Waals surface area (Å²) in [5.41, 5.74) is -0.0950. The molecule has 0 N–H and O–H groups in total. The molecule has 0 aromatic rings. The Bertz CT molecular complexity index is 456. The van der Waals surface area contributed by atoms with Gasteiger partial charge in [0.15, 0.2) is 0 Å². The number of hydroxylamine groups is 2. The van der Waals surface area contributed by atoms with Gasteiger partial charge in [-0.25, -0.2) is 0 Å². The lowest BCUT2D eigenvalue weighted by atomic mass is 9.64. The molecule has 3 rings (SSSR count). The molecule has 2 saturated carbocycles. The first-order valence-electron chi connectivity index (χ1n) is 11.7. The van der Waals surface area contributed by atoms with Crippen LogP contribution in [0.2, 0.25) is 0 Å². The van der Waals surface area contributed by atoms with Gasteiger partial charge in [-0.15, -0.1) is 10.3 Å². The van der Waals surface area contributed by atoms with E-state index in [-0.39, 0.29) is 11.1 Å². The van der Waals surface area contributed by atoms with Crippen LogP contribution in [0.25, 0.3) is 0 Å². The molecular weight excluding hydrogens is 334 g/mol. The van der Waals surface area contributed by atoms with Gasteiger partial charge in [-0.3, -0.25) is 0 Å². The summed E-state index contributed by atoms with van der Waals surface area (Å²) in [6, 6.07) is 0.652. The van der Waals surface area contributed by atoms with Crippen molar-refractivity contribution in [1.82, 2.24) is 5.06 Å². The predicted octanol–water partition coefficient (Wildman–Crippen LogP) is 4.37. The first kappa shape index (κ1) is 21.5. The van der Waals surface area contributed by atoms with Crippen molar-refractivity contribution in [2.45, 2.75) is 101 Å². The molecule has 2 aliphatic carbocycles. The minimum Gasteiger partial charge on any atom is -0.331 e. The van der Waals surface area contributed by atoms with Crippen molar-refractivity contribution in [3.05, 3.63) is 0 Å². The van der Waals surface area contributed by atoms with E-state index in [1.807, 2.05) is 0 Å². The van der Waals surface area contributed by atoms with Gasteiger partial charge in [-0.05, 0) is 25.7 Å². The van der Waals surface area contributed by atoms with E-state index in [0.717, 1.165) is 47.5 Å². The minimum absolute atomic E-state index is 0.0475. The standard InChI is InChI=1S/C23H46N3O/c1-25(2,3)17-12-18-26(4,5)21-19-22(13-8-6-9-14-22)24(27)23(20-21)15-10-7-11-16-23/h21H,6-20H2,1-5H3/q+2. The molecule has 3 fully saturated rings. The van der Waals surface area contributed by atoms with Crippen LogP contribution in [0, 0.1) is 0 Å². The maximum Gasteiger partial charge on any atom is 0.0923 e. The highest BCUT2D eigenvalue weighted by Gasteiger charge is 2.58. The van der Waals surface area contributed by atoms with Crippen molar-refractivity contribution >= 4 is 0 Å². The Labute approximate surface area is 168 Å². The van der Waals surface area contributed by atoms with E-state index in [9.17, 15) is 5.21 Å². The van der Waals surface area contributed by atoms with Gasteiger partial charge in [-0.2, -0.15) is 0 Å².